The number of hydrogen-bond acceptors (Lipinski definition) is 6. The van der Waals surface area contributed by atoms with Crippen molar-refractivity contribution in [3.8, 4) is 5.69 Å². The highest BCUT2D eigenvalue weighted by Gasteiger charge is 2.23. The zero-order valence-electron chi connectivity index (χ0n) is 15.8. The molecule has 3 aromatic rings. The molecule has 1 aliphatic carbocycles. The third kappa shape index (κ3) is 4.44. The molecule has 0 unspecified atom stereocenters. The van der Waals surface area contributed by atoms with Gasteiger partial charge in [-0.15, -0.1) is 5.10 Å². The van der Waals surface area contributed by atoms with Gasteiger partial charge in [0.2, 0.25) is 11.1 Å². The van der Waals surface area contributed by atoms with Crippen LogP contribution in [0.25, 0.3) is 5.69 Å². The quantitative estimate of drug-likeness (QED) is 0.623. The number of nitrogens with one attached hydrogen (secondary N) is 1. The fraction of sp³-hybridized carbons (Fsp3) is 0.400. The molecule has 0 atom stereocenters. The lowest BCUT2D eigenvalue weighted by Gasteiger charge is -2.21. The van der Waals surface area contributed by atoms with Gasteiger partial charge in [-0.05, 0) is 31.9 Å². The molecule has 0 bridgehead atoms. The van der Waals surface area contributed by atoms with E-state index in [1.807, 2.05) is 35.0 Å². The maximum atomic E-state index is 12.2. The van der Waals surface area contributed by atoms with Crippen LogP contribution in [0.3, 0.4) is 0 Å². The standard InChI is InChI=1S/C20H23N5O2S/c1-14-12-17(24-27-14)21-18(26)13-28-20-22-19(15-8-4-2-5-9-15)25(23-20)16-10-6-3-7-11-16/h3,6-7,10-12,15H,2,4-5,8-9,13H2,1H3,(H,21,24,26). The van der Waals surface area contributed by atoms with E-state index in [4.69, 9.17) is 14.6 Å². The molecule has 8 heteroatoms. The van der Waals surface area contributed by atoms with Crippen LogP contribution in [0, 0.1) is 6.92 Å². The minimum atomic E-state index is -0.159. The highest BCUT2D eigenvalue weighted by atomic mass is 32.2. The molecule has 7 nitrogen and oxygen atoms in total. The van der Waals surface area contributed by atoms with Crippen LogP contribution < -0.4 is 5.32 Å². The Bertz CT molecular complexity index is 931. The highest BCUT2D eigenvalue weighted by Crippen LogP contribution is 2.33. The number of hydrogen-bond donors (Lipinski definition) is 1. The maximum Gasteiger partial charge on any atom is 0.236 e. The Morgan fingerprint density at radius 3 is 2.75 bits per heavy atom. The average molecular weight is 398 g/mol. The van der Waals surface area contributed by atoms with E-state index in [0.29, 0.717) is 22.7 Å². The third-order valence-corrected chi connectivity index (χ3v) is 5.65. The number of nitrogens with zero attached hydrogens (tertiary/aromatic N) is 4. The van der Waals surface area contributed by atoms with E-state index in [0.717, 1.165) is 24.4 Å². The molecule has 2 heterocycles. The van der Waals surface area contributed by atoms with E-state index in [1.54, 1.807) is 13.0 Å². The molecule has 2 aromatic heterocycles. The first-order chi connectivity index (χ1) is 13.7. The third-order valence-electron chi connectivity index (χ3n) is 4.81. The molecule has 1 amide bonds. The Hall–Kier alpha value is -2.61. The van der Waals surface area contributed by atoms with Gasteiger partial charge in [0.1, 0.15) is 11.6 Å². The number of thioether (sulfide) groups is 1. The van der Waals surface area contributed by atoms with Gasteiger partial charge >= 0.3 is 0 Å². The van der Waals surface area contributed by atoms with Crippen LogP contribution in [-0.2, 0) is 4.79 Å². The Morgan fingerprint density at radius 1 is 1.25 bits per heavy atom. The summed E-state index contributed by atoms with van der Waals surface area (Å²) in [6.07, 6.45) is 6.03. The van der Waals surface area contributed by atoms with Crippen molar-refractivity contribution in [3.63, 3.8) is 0 Å². The number of aromatic nitrogens is 4. The van der Waals surface area contributed by atoms with E-state index in [2.05, 4.69) is 10.5 Å². The summed E-state index contributed by atoms with van der Waals surface area (Å²) in [4.78, 5) is 17.0. The summed E-state index contributed by atoms with van der Waals surface area (Å²) >= 11 is 1.33. The first-order valence-corrected chi connectivity index (χ1v) is 10.6. The van der Waals surface area contributed by atoms with Gasteiger partial charge in [-0.2, -0.15) is 0 Å². The molecule has 0 saturated heterocycles. The second kappa shape index (κ2) is 8.60. The van der Waals surface area contributed by atoms with Crippen molar-refractivity contribution in [3.05, 3.63) is 48.0 Å². The molecular formula is C20H23N5O2S. The lowest BCUT2D eigenvalue weighted by atomic mass is 9.88. The van der Waals surface area contributed by atoms with Crippen molar-refractivity contribution >= 4 is 23.5 Å². The Kier molecular flexibility index (Phi) is 5.76. The van der Waals surface area contributed by atoms with Gasteiger partial charge in [0.25, 0.3) is 0 Å². The van der Waals surface area contributed by atoms with E-state index in [-0.39, 0.29) is 11.7 Å². The predicted molar refractivity (Wildman–Crippen MR) is 108 cm³/mol. The maximum absolute atomic E-state index is 12.2. The minimum Gasteiger partial charge on any atom is -0.360 e. The SMILES string of the molecule is Cc1cc(NC(=O)CSc2nc(C3CCCCC3)n(-c3ccccc3)n2)no1. The van der Waals surface area contributed by atoms with Gasteiger partial charge < -0.3 is 9.84 Å². The first-order valence-electron chi connectivity index (χ1n) is 9.57. The summed E-state index contributed by atoms with van der Waals surface area (Å²) in [7, 11) is 0. The fourth-order valence-corrected chi connectivity index (χ4v) is 4.11. The topological polar surface area (TPSA) is 85.8 Å². The van der Waals surface area contributed by atoms with Crippen LogP contribution >= 0.6 is 11.8 Å². The molecule has 146 valence electrons. The van der Waals surface area contributed by atoms with Gasteiger partial charge in [-0.25, -0.2) is 9.67 Å². The van der Waals surface area contributed by atoms with Crippen molar-refractivity contribution < 1.29 is 9.32 Å². The second-order valence-electron chi connectivity index (χ2n) is 6.99. The van der Waals surface area contributed by atoms with E-state index in [1.165, 1.54) is 31.0 Å². The molecule has 1 aromatic carbocycles. The van der Waals surface area contributed by atoms with Gasteiger partial charge in [0.05, 0.1) is 11.4 Å². The molecule has 0 aliphatic heterocycles. The Balaban J connectivity index is 1.49. The first kappa shape index (κ1) is 18.7. The summed E-state index contributed by atoms with van der Waals surface area (Å²) in [6, 6.07) is 11.8. The minimum absolute atomic E-state index is 0.159. The monoisotopic (exact) mass is 397 g/mol. The molecule has 28 heavy (non-hydrogen) atoms. The van der Waals surface area contributed by atoms with Crippen LogP contribution in [0.1, 0.15) is 49.6 Å². The largest absolute Gasteiger partial charge is 0.360 e. The van der Waals surface area contributed by atoms with Crippen molar-refractivity contribution in [1.29, 1.82) is 0 Å². The van der Waals surface area contributed by atoms with Gasteiger partial charge in [0.15, 0.2) is 5.82 Å². The van der Waals surface area contributed by atoms with Gasteiger partial charge in [-0.3, -0.25) is 4.79 Å². The molecule has 4 rings (SSSR count). The number of carbonyl (C=O) groups excluding carboxylic acids is 1. The lowest BCUT2D eigenvalue weighted by molar-refractivity contribution is -0.113. The predicted octanol–water partition coefficient (Wildman–Crippen LogP) is 4.34. The number of rotatable bonds is 6. The van der Waals surface area contributed by atoms with Crippen molar-refractivity contribution in [2.75, 3.05) is 11.1 Å². The Labute approximate surface area is 167 Å². The smallest absolute Gasteiger partial charge is 0.236 e. The van der Waals surface area contributed by atoms with E-state index < -0.39 is 0 Å². The van der Waals surface area contributed by atoms with Gasteiger partial charge in [0, 0.05) is 12.0 Å². The van der Waals surface area contributed by atoms with Crippen molar-refractivity contribution in [2.24, 2.45) is 0 Å². The number of amides is 1. The number of para-hydroxylation sites is 1. The van der Waals surface area contributed by atoms with E-state index in [9.17, 15) is 4.79 Å². The fourth-order valence-electron chi connectivity index (χ4n) is 3.48. The number of carbonyl (C=O) groups is 1. The molecule has 1 aliphatic rings. The van der Waals surface area contributed by atoms with Crippen molar-refractivity contribution in [1.82, 2.24) is 19.9 Å². The van der Waals surface area contributed by atoms with Crippen LogP contribution in [-0.4, -0.2) is 31.6 Å². The second-order valence-corrected chi connectivity index (χ2v) is 7.94. The van der Waals surface area contributed by atoms with Crippen LogP contribution in [0.2, 0.25) is 0 Å². The van der Waals surface area contributed by atoms with Gasteiger partial charge in [-0.1, -0.05) is 54.4 Å². The van der Waals surface area contributed by atoms with Crippen LogP contribution in [0.4, 0.5) is 5.82 Å². The molecule has 1 N–H and O–H groups in total. The molecule has 0 radical (unpaired) electrons. The van der Waals surface area contributed by atoms with E-state index >= 15 is 0 Å². The number of anilines is 1. The highest BCUT2D eigenvalue weighted by molar-refractivity contribution is 7.99. The molecule has 1 saturated carbocycles. The molecule has 1 fully saturated rings. The molecular weight excluding hydrogens is 374 g/mol. The summed E-state index contributed by atoms with van der Waals surface area (Å²) in [5.74, 6) is 2.56. The normalized spacial score (nSPS) is 14.9. The molecule has 0 spiro atoms. The summed E-state index contributed by atoms with van der Waals surface area (Å²) in [6.45, 7) is 1.78. The summed E-state index contributed by atoms with van der Waals surface area (Å²) in [5.41, 5.74) is 1.00. The number of aryl methyl sites for hydroxylation is 1. The Morgan fingerprint density at radius 2 is 2.04 bits per heavy atom. The lowest BCUT2D eigenvalue weighted by Crippen LogP contribution is -2.14. The number of benzene rings is 1. The average Bonchev–Trinajstić information content (AvgIpc) is 3.34. The van der Waals surface area contributed by atoms with Crippen LogP contribution in [0.5, 0.6) is 0 Å². The van der Waals surface area contributed by atoms with Crippen molar-refractivity contribution in [2.45, 2.75) is 50.1 Å². The summed E-state index contributed by atoms with van der Waals surface area (Å²) in [5, 5.41) is 11.8. The summed E-state index contributed by atoms with van der Waals surface area (Å²) < 4.78 is 6.91. The zero-order valence-corrected chi connectivity index (χ0v) is 16.6. The van der Waals surface area contributed by atoms with Crippen LogP contribution in [0.15, 0.2) is 46.1 Å². The zero-order chi connectivity index (χ0) is 19.3.